The van der Waals surface area contributed by atoms with Gasteiger partial charge in [0.2, 0.25) is 12.7 Å². The van der Waals surface area contributed by atoms with E-state index < -0.39 is 0 Å². The summed E-state index contributed by atoms with van der Waals surface area (Å²) < 4.78 is 16.4. The lowest BCUT2D eigenvalue weighted by Gasteiger charge is -2.35. The topological polar surface area (TPSA) is 80.0 Å². The normalized spacial score (nSPS) is 16.3. The molecule has 2 aliphatic rings. The van der Waals surface area contributed by atoms with E-state index in [0.29, 0.717) is 0 Å². The molecule has 1 fully saturated rings. The quantitative estimate of drug-likeness (QED) is 0.569. The van der Waals surface area contributed by atoms with Gasteiger partial charge in [0, 0.05) is 63.3 Å². The Bertz CT molecular complexity index is 1000. The van der Waals surface area contributed by atoms with Gasteiger partial charge in [-0.15, -0.1) is 0 Å². The van der Waals surface area contributed by atoms with Crippen LogP contribution in [0.3, 0.4) is 0 Å². The minimum atomic E-state index is 0.267. The highest BCUT2D eigenvalue weighted by Crippen LogP contribution is 2.35. The number of likely N-dealkylation sites (N-methyl/N-ethyl adjacent to an activating group) is 1. The van der Waals surface area contributed by atoms with Crippen molar-refractivity contribution in [3.63, 3.8) is 0 Å². The highest BCUT2D eigenvalue weighted by atomic mass is 16.7. The van der Waals surface area contributed by atoms with E-state index in [-0.39, 0.29) is 6.79 Å². The number of hydrogen-bond acceptors (Lipinski definition) is 9. The van der Waals surface area contributed by atoms with Gasteiger partial charge < -0.3 is 18.9 Å². The molecule has 5 rings (SSSR count). The zero-order valence-corrected chi connectivity index (χ0v) is 17.6. The second-order valence-corrected chi connectivity index (χ2v) is 7.86. The maximum Gasteiger partial charge on any atom is 0.231 e. The number of piperazine rings is 1. The fourth-order valence-corrected chi connectivity index (χ4v) is 3.86. The van der Waals surface area contributed by atoms with Gasteiger partial charge in [-0.3, -0.25) is 9.80 Å². The Morgan fingerprint density at radius 3 is 2.65 bits per heavy atom. The Balaban J connectivity index is 1.09. The molecule has 3 aromatic rings. The Hall–Kier alpha value is -3.17. The molecule has 0 spiro atoms. The van der Waals surface area contributed by atoms with Crippen LogP contribution < -0.4 is 14.4 Å². The molecule has 0 bridgehead atoms. The minimum absolute atomic E-state index is 0.267. The fraction of sp³-hybridized carbons (Fsp3) is 0.409. The van der Waals surface area contributed by atoms with E-state index in [1.807, 2.05) is 30.3 Å². The molecule has 0 atom stereocenters. The van der Waals surface area contributed by atoms with Crippen LogP contribution in [0.25, 0.3) is 11.3 Å². The van der Waals surface area contributed by atoms with Crippen molar-refractivity contribution >= 4 is 5.95 Å². The molecule has 0 unspecified atom stereocenters. The SMILES string of the molecule is CN(CCN1CCN(c2ncccn2)CC1)Cc1cc(-c2ccc3c(c2)OCO3)no1. The molecule has 4 heterocycles. The number of hydrogen-bond donors (Lipinski definition) is 0. The Morgan fingerprint density at radius 2 is 1.81 bits per heavy atom. The summed E-state index contributed by atoms with van der Waals surface area (Å²) in [4.78, 5) is 15.7. The standard InChI is InChI=1S/C22H26N6O3/c1-26(7-8-27-9-11-28(12-10-27)22-23-5-2-6-24-22)15-18-14-19(25-31-18)17-3-4-20-21(13-17)30-16-29-20/h2-6,13-14H,7-12,15-16H2,1H3. The zero-order valence-electron chi connectivity index (χ0n) is 17.6. The average Bonchev–Trinajstić information content (AvgIpc) is 3.47. The second-order valence-electron chi connectivity index (χ2n) is 7.86. The average molecular weight is 422 g/mol. The van der Waals surface area contributed by atoms with Gasteiger partial charge in [-0.1, -0.05) is 5.16 Å². The third kappa shape index (κ3) is 4.62. The predicted octanol–water partition coefficient (Wildman–Crippen LogP) is 2.11. The van der Waals surface area contributed by atoms with Gasteiger partial charge in [-0.25, -0.2) is 9.97 Å². The molecular formula is C22H26N6O3. The molecule has 0 aliphatic carbocycles. The Kier molecular flexibility index (Phi) is 5.68. The van der Waals surface area contributed by atoms with Gasteiger partial charge in [-0.05, 0) is 31.3 Å². The molecule has 0 N–H and O–H groups in total. The van der Waals surface area contributed by atoms with Crippen molar-refractivity contribution in [2.75, 3.05) is 58.0 Å². The van der Waals surface area contributed by atoms with Gasteiger partial charge in [0.1, 0.15) is 5.69 Å². The van der Waals surface area contributed by atoms with Crippen LogP contribution in [-0.2, 0) is 6.54 Å². The first kappa shape index (κ1) is 19.8. The van der Waals surface area contributed by atoms with E-state index >= 15 is 0 Å². The first-order valence-electron chi connectivity index (χ1n) is 10.5. The molecule has 162 valence electrons. The first-order chi connectivity index (χ1) is 15.2. The smallest absolute Gasteiger partial charge is 0.231 e. The third-order valence-electron chi connectivity index (χ3n) is 5.66. The van der Waals surface area contributed by atoms with Crippen LogP contribution in [0.15, 0.2) is 47.2 Å². The number of ether oxygens (including phenoxy) is 2. The summed E-state index contributed by atoms with van der Waals surface area (Å²) in [5.41, 5.74) is 1.77. The lowest BCUT2D eigenvalue weighted by molar-refractivity contribution is 0.174. The number of aromatic nitrogens is 3. The summed E-state index contributed by atoms with van der Waals surface area (Å²) in [5.74, 6) is 3.19. The van der Waals surface area contributed by atoms with Gasteiger partial charge >= 0.3 is 0 Å². The third-order valence-corrected chi connectivity index (χ3v) is 5.66. The molecule has 0 amide bonds. The molecule has 1 aromatic carbocycles. The Labute approximate surface area is 181 Å². The van der Waals surface area contributed by atoms with Crippen LogP contribution in [0, 0.1) is 0 Å². The summed E-state index contributed by atoms with van der Waals surface area (Å²) in [6, 6.07) is 9.66. The van der Waals surface area contributed by atoms with Crippen LogP contribution in [0.5, 0.6) is 11.5 Å². The molecular weight excluding hydrogens is 396 g/mol. The van der Waals surface area contributed by atoms with E-state index in [9.17, 15) is 0 Å². The predicted molar refractivity (Wildman–Crippen MR) is 115 cm³/mol. The Morgan fingerprint density at radius 1 is 1.00 bits per heavy atom. The first-order valence-corrected chi connectivity index (χ1v) is 10.5. The fourth-order valence-electron chi connectivity index (χ4n) is 3.86. The maximum atomic E-state index is 5.57. The van der Waals surface area contributed by atoms with Crippen LogP contribution in [0.1, 0.15) is 5.76 Å². The maximum absolute atomic E-state index is 5.57. The van der Waals surface area contributed by atoms with E-state index in [4.69, 9.17) is 14.0 Å². The van der Waals surface area contributed by atoms with Crippen molar-refractivity contribution < 1.29 is 14.0 Å². The highest BCUT2D eigenvalue weighted by molar-refractivity contribution is 5.64. The summed E-state index contributed by atoms with van der Waals surface area (Å²) >= 11 is 0. The number of fused-ring (bicyclic) bond motifs is 1. The van der Waals surface area contributed by atoms with E-state index in [1.54, 1.807) is 12.4 Å². The number of rotatable bonds is 7. The summed E-state index contributed by atoms with van der Waals surface area (Å²) in [6.07, 6.45) is 3.59. The molecule has 31 heavy (non-hydrogen) atoms. The molecule has 2 aromatic heterocycles. The monoisotopic (exact) mass is 422 g/mol. The number of nitrogens with zero attached hydrogens (tertiary/aromatic N) is 6. The van der Waals surface area contributed by atoms with E-state index in [1.165, 1.54) is 0 Å². The van der Waals surface area contributed by atoms with Crippen LogP contribution in [-0.4, -0.2) is 78.0 Å². The summed E-state index contributed by atoms with van der Waals surface area (Å²) in [7, 11) is 2.11. The van der Waals surface area contributed by atoms with Crippen molar-refractivity contribution in [3.8, 4) is 22.8 Å². The second kappa shape index (κ2) is 8.91. The van der Waals surface area contributed by atoms with Crippen LogP contribution in [0.2, 0.25) is 0 Å². The highest BCUT2D eigenvalue weighted by Gasteiger charge is 2.19. The zero-order chi connectivity index (χ0) is 21.0. The summed E-state index contributed by atoms with van der Waals surface area (Å²) in [5, 5.41) is 4.23. The lowest BCUT2D eigenvalue weighted by atomic mass is 10.1. The largest absolute Gasteiger partial charge is 0.454 e. The van der Waals surface area contributed by atoms with Gasteiger partial charge in [0.15, 0.2) is 17.3 Å². The van der Waals surface area contributed by atoms with Gasteiger partial charge in [0.05, 0.1) is 6.54 Å². The van der Waals surface area contributed by atoms with Crippen molar-refractivity contribution in [1.82, 2.24) is 24.9 Å². The minimum Gasteiger partial charge on any atom is -0.454 e. The van der Waals surface area contributed by atoms with Crippen molar-refractivity contribution in [3.05, 3.63) is 48.5 Å². The molecule has 2 aliphatic heterocycles. The van der Waals surface area contributed by atoms with Gasteiger partial charge in [-0.2, -0.15) is 0 Å². The summed E-state index contributed by atoms with van der Waals surface area (Å²) in [6.45, 7) is 6.90. The van der Waals surface area contributed by atoms with E-state index in [0.717, 1.165) is 80.3 Å². The van der Waals surface area contributed by atoms with E-state index in [2.05, 4.69) is 36.9 Å². The van der Waals surface area contributed by atoms with Crippen LogP contribution >= 0.6 is 0 Å². The lowest BCUT2D eigenvalue weighted by Crippen LogP contribution is -2.48. The van der Waals surface area contributed by atoms with Crippen molar-refractivity contribution in [2.45, 2.75) is 6.54 Å². The molecule has 0 saturated carbocycles. The number of benzene rings is 1. The molecule has 9 nitrogen and oxygen atoms in total. The van der Waals surface area contributed by atoms with Crippen LogP contribution in [0.4, 0.5) is 5.95 Å². The number of anilines is 1. The van der Waals surface area contributed by atoms with Gasteiger partial charge in [0.25, 0.3) is 0 Å². The molecule has 9 heteroatoms. The molecule has 1 saturated heterocycles. The molecule has 0 radical (unpaired) electrons. The van der Waals surface area contributed by atoms with Crippen molar-refractivity contribution in [2.24, 2.45) is 0 Å². The van der Waals surface area contributed by atoms with Crippen molar-refractivity contribution in [1.29, 1.82) is 0 Å².